The van der Waals surface area contributed by atoms with E-state index in [1.54, 1.807) is 0 Å². The van der Waals surface area contributed by atoms with Crippen LogP contribution in [0.2, 0.25) is 0 Å². The van der Waals surface area contributed by atoms with Gasteiger partial charge in [0.25, 0.3) is 0 Å². The van der Waals surface area contributed by atoms with Crippen LogP contribution in [0.4, 0.5) is 0 Å². The maximum atomic E-state index is 10.4. The summed E-state index contributed by atoms with van der Waals surface area (Å²) in [4.78, 5) is 10.4. The van der Waals surface area contributed by atoms with Crippen molar-refractivity contribution in [2.24, 2.45) is 5.73 Å². The van der Waals surface area contributed by atoms with E-state index in [0.717, 1.165) is 12.6 Å². The number of nitrogens with two attached hydrogens (primary N) is 1. The highest BCUT2D eigenvalue weighted by molar-refractivity contribution is 7.41. The molecular formula is C5H10NO2P. The van der Waals surface area contributed by atoms with Crippen molar-refractivity contribution in [1.82, 2.24) is 0 Å². The van der Waals surface area contributed by atoms with Gasteiger partial charge in [-0.15, -0.1) is 0 Å². The Morgan fingerprint density at radius 1 is 1.78 bits per heavy atom. The molecule has 0 aliphatic carbocycles. The Morgan fingerprint density at radius 3 is 2.67 bits per heavy atom. The van der Waals surface area contributed by atoms with Crippen molar-refractivity contribution in [2.45, 2.75) is 18.1 Å². The number of carbonyl (C=O) groups is 1. The normalized spacial score (nSPS) is 37.4. The van der Waals surface area contributed by atoms with E-state index in [2.05, 4.69) is 0 Å². The van der Waals surface area contributed by atoms with E-state index in [0.29, 0.717) is 15.0 Å². The minimum Gasteiger partial charge on any atom is -0.480 e. The zero-order valence-corrected chi connectivity index (χ0v) is 6.05. The fourth-order valence-corrected chi connectivity index (χ4v) is 2.25. The van der Waals surface area contributed by atoms with Gasteiger partial charge in [0.15, 0.2) is 0 Å². The van der Waals surface area contributed by atoms with Gasteiger partial charge < -0.3 is 10.8 Å². The third-order valence-corrected chi connectivity index (χ3v) is 3.27. The third-order valence-electron chi connectivity index (χ3n) is 1.57. The molecule has 9 heavy (non-hydrogen) atoms. The molecule has 4 heteroatoms. The first-order valence-electron chi connectivity index (χ1n) is 2.92. The maximum Gasteiger partial charge on any atom is 0.327 e. The number of carboxylic acids is 1. The highest BCUT2D eigenvalue weighted by Crippen LogP contribution is 2.39. The van der Waals surface area contributed by atoms with Crippen LogP contribution in [0.25, 0.3) is 0 Å². The Balaban J connectivity index is 2.61. The molecule has 0 aromatic carbocycles. The summed E-state index contributed by atoms with van der Waals surface area (Å²) in [5.41, 5.74) is 5.51. The van der Waals surface area contributed by atoms with Crippen LogP contribution in [0.5, 0.6) is 0 Å². The summed E-state index contributed by atoms with van der Waals surface area (Å²) >= 11 is 0. The molecule has 0 saturated carbocycles. The van der Waals surface area contributed by atoms with Gasteiger partial charge >= 0.3 is 5.97 Å². The Hall–Kier alpha value is -0.140. The predicted octanol–water partition coefficient (Wildman–Crippen LogP) is 0.198. The zero-order chi connectivity index (χ0) is 6.91. The van der Waals surface area contributed by atoms with Crippen molar-refractivity contribution in [2.75, 3.05) is 6.16 Å². The molecule has 2 unspecified atom stereocenters. The Kier molecular flexibility index (Phi) is 1.73. The van der Waals surface area contributed by atoms with Gasteiger partial charge in [0, 0.05) is 0 Å². The first-order valence-corrected chi connectivity index (χ1v) is 4.13. The Bertz CT molecular complexity index is 131. The quantitative estimate of drug-likeness (QED) is 0.520. The van der Waals surface area contributed by atoms with E-state index in [4.69, 9.17) is 10.8 Å². The van der Waals surface area contributed by atoms with Gasteiger partial charge in [-0.1, -0.05) is 8.58 Å². The second-order valence-electron chi connectivity index (χ2n) is 2.31. The molecule has 0 radical (unpaired) electrons. The lowest BCUT2D eigenvalue weighted by Crippen LogP contribution is -2.40. The van der Waals surface area contributed by atoms with Crippen LogP contribution in [-0.4, -0.2) is 22.5 Å². The summed E-state index contributed by atoms with van der Waals surface area (Å²) < 4.78 is 0. The number of rotatable bonds is 1. The topological polar surface area (TPSA) is 63.3 Å². The molecule has 3 N–H and O–H groups in total. The summed E-state index contributed by atoms with van der Waals surface area (Å²) in [5, 5.41) is 7.69. The first kappa shape index (κ1) is 6.97. The molecule has 1 rings (SSSR count). The fraction of sp³-hybridized carbons (Fsp3) is 0.800. The number of carboxylic acid groups (broad SMARTS) is 1. The first-order chi connectivity index (χ1) is 4.15. The van der Waals surface area contributed by atoms with Gasteiger partial charge in [-0.3, -0.25) is 0 Å². The molecule has 0 spiro atoms. The molecule has 1 fully saturated rings. The molecule has 1 aliphatic heterocycles. The second kappa shape index (κ2) is 2.24. The minimum absolute atomic E-state index is 0.411. The summed E-state index contributed by atoms with van der Waals surface area (Å²) in [7, 11) is 0.411. The van der Waals surface area contributed by atoms with Crippen molar-refractivity contribution in [3.8, 4) is 0 Å². The maximum absolute atomic E-state index is 10.4. The number of hydrogen-bond acceptors (Lipinski definition) is 2. The van der Waals surface area contributed by atoms with Crippen LogP contribution in [0.15, 0.2) is 0 Å². The SMILES string of the molecule is NC1(C(=O)O)CCCP1. The zero-order valence-electron chi connectivity index (χ0n) is 5.05. The molecule has 1 aliphatic rings. The summed E-state index contributed by atoms with van der Waals surface area (Å²) in [6.07, 6.45) is 2.62. The lowest BCUT2D eigenvalue weighted by atomic mass is 10.2. The number of hydrogen-bond donors (Lipinski definition) is 2. The highest BCUT2D eigenvalue weighted by Gasteiger charge is 2.36. The molecule has 0 aromatic rings. The van der Waals surface area contributed by atoms with E-state index < -0.39 is 11.2 Å². The van der Waals surface area contributed by atoms with Crippen LogP contribution >= 0.6 is 8.58 Å². The van der Waals surface area contributed by atoms with Crippen LogP contribution in [0, 0.1) is 0 Å². The minimum atomic E-state index is -0.861. The van der Waals surface area contributed by atoms with E-state index in [1.807, 2.05) is 0 Å². The van der Waals surface area contributed by atoms with Crippen LogP contribution in [-0.2, 0) is 4.79 Å². The average molecular weight is 147 g/mol. The summed E-state index contributed by atoms with van der Waals surface area (Å²) in [5.74, 6) is -0.835. The van der Waals surface area contributed by atoms with Crippen molar-refractivity contribution >= 4 is 14.6 Å². The molecule has 52 valence electrons. The summed E-state index contributed by atoms with van der Waals surface area (Å²) in [6.45, 7) is 0. The van der Waals surface area contributed by atoms with E-state index >= 15 is 0 Å². The molecule has 1 heterocycles. The monoisotopic (exact) mass is 147 g/mol. The van der Waals surface area contributed by atoms with Gasteiger partial charge in [0.1, 0.15) is 5.28 Å². The number of aliphatic carboxylic acids is 1. The molecule has 2 atom stereocenters. The average Bonchev–Trinajstić information content (AvgIpc) is 2.16. The van der Waals surface area contributed by atoms with Gasteiger partial charge in [0.05, 0.1) is 0 Å². The second-order valence-corrected chi connectivity index (χ2v) is 4.05. The van der Waals surface area contributed by atoms with Crippen molar-refractivity contribution in [3.05, 3.63) is 0 Å². The lowest BCUT2D eigenvalue weighted by Gasteiger charge is -2.15. The Labute approximate surface area is 55.4 Å². The third kappa shape index (κ3) is 1.22. The molecule has 0 amide bonds. The molecule has 0 aromatic heterocycles. The molecule has 3 nitrogen and oxygen atoms in total. The largest absolute Gasteiger partial charge is 0.480 e. The van der Waals surface area contributed by atoms with Gasteiger partial charge in [-0.2, -0.15) is 0 Å². The Morgan fingerprint density at radius 2 is 2.44 bits per heavy atom. The van der Waals surface area contributed by atoms with E-state index in [1.165, 1.54) is 0 Å². The summed E-state index contributed by atoms with van der Waals surface area (Å²) in [6, 6.07) is 0. The van der Waals surface area contributed by atoms with Crippen LogP contribution in [0.3, 0.4) is 0 Å². The van der Waals surface area contributed by atoms with E-state index in [9.17, 15) is 4.79 Å². The smallest absolute Gasteiger partial charge is 0.327 e. The van der Waals surface area contributed by atoms with Crippen molar-refractivity contribution in [3.63, 3.8) is 0 Å². The van der Waals surface area contributed by atoms with Crippen molar-refractivity contribution < 1.29 is 9.90 Å². The van der Waals surface area contributed by atoms with E-state index in [-0.39, 0.29) is 0 Å². The van der Waals surface area contributed by atoms with Crippen molar-refractivity contribution in [1.29, 1.82) is 0 Å². The molecule has 1 saturated heterocycles. The van der Waals surface area contributed by atoms with Crippen LogP contribution in [0.1, 0.15) is 12.8 Å². The standard InChI is InChI=1S/C5H10NO2P/c6-5(4(7)8)2-1-3-9-5/h9H,1-3,6H2,(H,7,8). The molecular weight excluding hydrogens is 137 g/mol. The molecule has 0 bridgehead atoms. The van der Waals surface area contributed by atoms with Crippen LogP contribution < -0.4 is 5.73 Å². The lowest BCUT2D eigenvalue weighted by molar-refractivity contribution is -0.139. The van der Waals surface area contributed by atoms with Gasteiger partial charge in [-0.05, 0) is 19.0 Å². The fourth-order valence-electron chi connectivity index (χ4n) is 0.950. The highest BCUT2D eigenvalue weighted by atomic mass is 31.1. The van der Waals surface area contributed by atoms with Gasteiger partial charge in [-0.25, -0.2) is 4.79 Å². The predicted molar refractivity (Wildman–Crippen MR) is 37.0 cm³/mol. The van der Waals surface area contributed by atoms with Gasteiger partial charge in [0.2, 0.25) is 0 Å².